The zero-order valence-electron chi connectivity index (χ0n) is 16.0. The van der Waals surface area contributed by atoms with Crippen molar-refractivity contribution in [3.8, 4) is 0 Å². The molecule has 1 saturated heterocycles. The van der Waals surface area contributed by atoms with Crippen molar-refractivity contribution in [2.45, 2.75) is 13.3 Å². The van der Waals surface area contributed by atoms with Crippen LogP contribution in [0, 0.1) is 6.92 Å². The lowest BCUT2D eigenvalue weighted by molar-refractivity contribution is 0.0384. The molecular weight excluding hydrogens is 354 g/mol. The molecule has 1 aromatic carbocycles. The van der Waals surface area contributed by atoms with Gasteiger partial charge in [-0.25, -0.2) is 4.98 Å². The summed E-state index contributed by atoms with van der Waals surface area (Å²) in [4.78, 5) is 11.4. The van der Waals surface area contributed by atoms with Crippen LogP contribution in [0.5, 0.6) is 0 Å². The van der Waals surface area contributed by atoms with Crippen molar-refractivity contribution in [3.05, 3.63) is 53.9 Å². The number of nitrogens with one attached hydrogen (secondary N) is 3. The Balaban J connectivity index is 1.36. The summed E-state index contributed by atoms with van der Waals surface area (Å²) in [7, 11) is 0. The summed E-state index contributed by atoms with van der Waals surface area (Å²) in [6, 6.07) is 12.2. The van der Waals surface area contributed by atoms with Gasteiger partial charge in [0.05, 0.1) is 19.4 Å². The standard InChI is InChI=1S/C20H25N7O/c1-15-14-19(24-18-6-8-21-26-18)25-20(22-15)23-17-4-2-16(3-5-17)7-9-27-10-12-28-13-11-27/h2-6,8,14H,7,9-13H2,1H3,(H3,21,22,23,24,25,26). The molecular formula is C20H25N7O. The molecule has 8 heteroatoms. The Morgan fingerprint density at radius 2 is 1.89 bits per heavy atom. The predicted molar refractivity (Wildman–Crippen MR) is 109 cm³/mol. The smallest absolute Gasteiger partial charge is 0.229 e. The average Bonchev–Trinajstić information content (AvgIpc) is 3.21. The van der Waals surface area contributed by atoms with E-state index in [4.69, 9.17) is 4.74 Å². The minimum Gasteiger partial charge on any atom is -0.379 e. The third-order valence-corrected chi connectivity index (χ3v) is 4.65. The van der Waals surface area contributed by atoms with Crippen molar-refractivity contribution in [2.24, 2.45) is 0 Å². The van der Waals surface area contributed by atoms with Gasteiger partial charge < -0.3 is 15.4 Å². The molecule has 0 bridgehead atoms. The molecule has 0 radical (unpaired) electrons. The fourth-order valence-electron chi connectivity index (χ4n) is 3.15. The van der Waals surface area contributed by atoms with Crippen LogP contribution >= 0.6 is 0 Å². The van der Waals surface area contributed by atoms with Gasteiger partial charge in [-0.05, 0) is 31.0 Å². The SMILES string of the molecule is Cc1cc(Nc2ccn[nH]2)nc(Nc2ccc(CCN3CCOCC3)cc2)n1. The molecule has 1 fully saturated rings. The van der Waals surface area contributed by atoms with Gasteiger partial charge in [-0.2, -0.15) is 10.1 Å². The van der Waals surface area contributed by atoms with Crippen LogP contribution in [0.4, 0.5) is 23.3 Å². The molecule has 0 amide bonds. The van der Waals surface area contributed by atoms with E-state index >= 15 is 0 Å². The van der Waals surface area contributed by atoms with Gasteiger partial charge in [-0.1, -0.05) is 12.1 Å². The van der Waals surface area contributed by atoms with Crippen LogP contribution in [-0.2, 0) is 11.2 Å². The van der Waals surface area contributed by atoms with E-state index in [-0.39, 0.29) is 0 Å². The number of hydrogen-bond donors (Lipinski definition) is 3. The normalized spacial score (nSPS) is 14.8. The summed E-state index contributed by atoms with van der Waals surface area (Å²) in [5.74, 6) is 2.05. The molecule has 0 atom stereocenters. The lowest BCUT2D eigenvalue weighted by atomic mass is 10.1. The Bertz CT molecular complexity index is 874. The van der Waals surface area contributed by atoms with Crippen LogP contribution in [0.1, 0.15) is 11.3 Å². The quantitative estimate of drug-likeness (QED) is 0.581. The number of morpholine rings is 1. The van der Waals surface area contributed by atoms with Gasteiger partial charge in [-0.3, -0.25) is 10.00 Å². The van der Waals surface area contributed by atoms with Gasteiger partial charge in [0.1, 0.15) is 11.6 Å². The number of aryl methyl sites for hydroxylation is 1. The topological polar surface area (TPSA) is 91.0 Å². The molecule has 8 nitrogen and oxygen atoms in total. The van der Waals surface area contributed by atoms with E-state index in [1.165, 1.54) is 5.56 Å². The highest BCUT2D eigenvalue weighted by molar-refractivity contribution is 5.58. The first-order valence-electron chi connectivity index (χ1n) is 9.53. The number of aromatic amines is 1. The first kappa shape index (κ1) is 18.4. The summed E-state index contributed by atoms with van der Waals surface area (Å²) in [6.45, 7) is 6.76. The zero-order chi connectivity index (χ0) is 19.2. The lowest BCUT2D eigenvalue weighted by Gasteiger charge is -2.26. The Kier molecular flexibility index (Phi) is 5.79. The van der Waals surface area contributed by atoms with Crippen LogP contribution in [0.2, 0.25) is 0 Å². The summed E-state index contributed by atoms with van der Waals surface area (Å²) in [5, 5.41) is 13.3. The van der Waals surface area contributed by atoms with E-state index in [0.717, 1.165) is 56.5 Å². The highest BCUT2D eigenvalue weighted by atomic mass is 16.5. The van der Waals surface area contributed by atoms with Crippen molar-refractivity contribution in [1.82, 2.24) is 25.1 Å². The van der Waals surface area contributed by atoms with E-state index in [1.54, 1.807) is 6.20 Å². The maximum atomic E-state index is 5.40. The lowest BCUT2D eigenvalue weighted by Crippen LogP contribution is -2.37. The number of hydrogen-bond acceptors (Lipinski definition) is 7. The summed E-state index contributed by atoms with van der Waals surface area (Å²) in [6.07, 6.45) is 2.73. The Labute approximate surface area is 164 Å². The van der Waals surface area contributed by atoms with Gasteiger partial charge in [0.25, 0.3) is 0 Å². The zero-order valence-corrected chi connectivity index (χ0v) is 16.0. The number of anilines is 4. The highest BCUT2D eigenvalue weighted by Gasteiger charge is 2.10. The molecule has 3 N–H and O–H groups in total. The van der Waals surface area contributed by atoms with E-state index in [1.807, 2.05) is 19.1 Å². The summed E-state index contributed by atoms with van der Waals surface area (Å²) < 4.78 is 5.40. The molecule has 0 spiro atoms. The van der Waals surface area contributed by atoms with Gasteiger partial charge in [-0.15, -0.1) is 0 Å². The molecule has 28 heavy (non-hydrogen) atoms. The van der Waals surface area contributed by atoms with Crippen molar-refractivity contribution in [1.29, 1.82) is 0 Å². The molecule has 0 aliphatic carbocycles. The van der Waals surface area contributed by atoms with Gasteiger partial charge in [0, 0.05) is 43.1 Å². The second-order valence-electron chi connectivity index (χ2n) is 6.84. The molecule has 0 unspecified atom stereocenters. The molecule has 146 valence electrons. The Hall–Kier alpha value is -2.97. The van der Waals surface area contributed by atoms with Crippen LogP contribution in [0.25, 0.3) is 0 Å². The molecule has 2 aromatic heterocycles. The fraction of sp³-hybridized carbons (Fsp3) is 0.350. The molecule has 1 aliphatic heterocycles. The van der Waals surface area contributed by atoms with Crippen LogP contribution < -0.4 is 10.6 Å². The number of H-pyrrole nitrogens is 1. The average molecular weight is 379 g/mol. The number of rotatable bonds is 7. The van der Waals surface area contributed by atoms with E-state index in [9.17, 15) is 0 Å². The van der Waals surface area contributed by atoms with Gasteiger partial charge >= 0.3 is 0 Å². The number of nitrogens with zero attached hydrogens (tertiary/aromatic N) is 4. The number of ether oxygens (including phenoxy) is 1. The van der Waals surface area contributed by atoms with Crippen LogP contribution in [-0.4, -0.2) is 57.9 Å². The van der Waals surface area contributed by atoms with Crippen molar-refractivity contribution < 1.29 is 4.74 Å². The fourth-order valence-corrected chi connectivity index (χ4v) is 3.15. The van der Waals surface area contributed by atoms with E-state index in [2.05, 4.69) is 60.0 Å². The molecule has 0 saturated carbocycles. The molecule has 4 rings (SSSR count). The maximum absolute atomic E-state index is 5.40. The largest absolute Gasteiger partial charge is 0.379 e. The molecule has 1 aliphatic rings. The van der Waals surface area contributed by atoms with Crippen molar-refractivity contribution in [3.63, 3.8) is 0 Å². The highest BCUT2D eigenvalue weighted by Crippen LogP contribution is 2.18. The van der Waals surface area contributed by atoms with Gasteiger partial charge in [0.2, 0.25) is 5.95 Å². The monoisotopic (exact) mass is 379 g/mol. The second-order valence-corrected chi connectivity index (χ2v) is 6.84. The van der Waals surface area contributed by atoms with Crippen LogP contribution in [0.15, 0.2) is 42.6 Å². The third kappa shape index (κ3) is 5.05. The van der Waals surface area contributed by atoms with E-state index < -0.39 is 0 Å². The van der Waals surface area contributed by atoms with Crippen molar-refractivity contribution >= 4 is 23.3 Å². The first-order valence-corrected chi connectivity index (χ1v) is 9.53. The maximum Gasteiger partial charge on any atom is 0.229 e. The first-order chi connectivity index (χ1) is 13.7. The summed E-state index contributed by atoms with van der Waals surface area (Å²) in [5.41, 5.74) is 3.17. The third-order valence-electron chi connectivity index (χ3n) is 4.65. The number of aromatic nitrogens is 4. The van der Waals surface area contributed by atoms with Gasteiger partial charge in [0.15, 0.2) is 0 Å². The molecule has 3 aromatic rings. The van der Waals surface area contributed by atoms with Crippen LogP contribution in [0.3, 0.4) is 0 Å². The van der Waals surface area contributed by atoms with Crippen molar-refractivity contribution in [2.75, 3.05) is 43.5 Å². The predicted octanol–water partition coefficient (Wildman–Crippen LogP) is 2.87. The molecule has 3 heterocycles. The summed E-state index contributed by atoms with van der Waals surface area (Å²) >= 11 is 0. The Morgan fingerprint density at radius 1 is 1.07 bits per heavy atom. The Morgan fingerprint density at radius 3 is 2.64 bits per heavy atom. The van der Waals surface area contributed by atoms with E-state index in [0.29, 0.717) is 11.8 Å². The minimum atomic E-state index is 0.558. The second kappa shape index (κ2) is 8.81. The minimum absolute atomic E-state index is 0.558. The number of benzene rings is 1.